The highest BCUT2D eigenvalue weighted by molar-refractivity contribution is 7.88. The molecule has 1 heterocycles. The fourth-order valence-electron chi connectivity index (χ4n) is 3.26. The molecule has 1 atom stereocenters. The summed E-state index contributed by atoms with van der Waals surface area (Å²) in [4.78, 5) is 12.7. The molecule has 27 heavy (non-hydrogen) atoms. The second-order valence-corrected chi connectivity index (χ2v) is 9.22. The van der Waals surface area contributed by atoms with E-state index < -0.39 is 10.0 Å². The van der Waals surface area contributed by atoms with Crippen LogP contribution in [0.15, 0.2) is 48.5 Å². The number of amides is 1. The van der Waals surface area contributed by atoms with Gasteiger partial charge in [0, 0.05) is 23.8 Å². The summed E-state index contributed by atoms with van der Waals surface area (Å²) in [6, 6.07) is 14.4. The summed E-state index contributed by atoms with van der Waals surface area (Å²) in [6.45, 7) is 2.51. The van der Waals surface area contributed by atoms with E-state index >= 15 is 0 Å². The first-order chi connectivity index (χ1) is 12.9. The predicted octanol–water partition coefficient (Wildman–Crippen LogP) is 3.83. The number of piperidine rings is 1. The van der Waals surface area contributed by atoms with Crippen LogP contribution in [0.2, 0.25) is 5.02 Å². The van der Waals surface area contributed by atoms with E-state index in [-0.39, 0.29) is 24.1 Å². The smallest absolute Gasteiger partial charge is 0.228 e. The Balaban J connectivity index is 1.68. The van der Waals surface area contributed by atoms with E-state index in [0.717, 1.165) is 11.1 Å². The normalized spacial score (nSPS) is 18.2. The van der Waals surface area contributed by atoms with Crippen molar-refractivity contribution in [3.63, 3.8) is 0 Å². The van der Waals surface area contributed by atoms with Crippen molar-refractivity contribution in [3.05, 3.63) is 64.7 Å². The number of halogens is 1. The first-order valence-corrected chi connectivity index (χ1v) is 10.9. The van der Waals surface area contributed by atoms with Crippen molar-refractivity contribution in [2.24, 2.45) is 5.92 Å². The maximum absolute atomic E-state index is 12.8. The van der Waals surface area contributed by atoms with Gasteiger partial charge < -0.3 is 5.32 Å². The average Bonchev–Trinajstić information content (AvgIpc) is 2.66. The van der Waals surface area contributed by atoms with Gasteiger partial charge in [-0.25, -0.2) is 12.7 Å². The molecule has 144 valence electrons. The van der Waals surface area contributed by atoms with Gasteiger partial charge in [0.2, 0.25) is 15.9 Å². The van der Waals surface area contributed by atoms with Crippen LogP contribution in [0.4, 0.5) is 5.69 Å². The summed E-state index contributed by atoms with van der Waals surface area (Å²) in [7, 11) is -3.46. The lowest BCUT2D eigenvalue weighted by Gasteiger charge is -2.31. The Hall–Kier alpha value is -1.89. The highest BCUT2D eigenvalue weighted by Crippen LogP contribution is 2.26. The van der Waals surface area contributed by atoms with Gasteiger partial charge in [0.15, 0.2) is 0 Å². The zero-order chi connectivity index (χ0) is 19.4. The first-order valence-electron chi connectivity index (χ1n) is 8.94. The lowest BCUT2D eigenvalue weighted by Crippen LogP contribution is -2.44. The zero-order valence-corrected chi connectivity index (χ0v) is 16.8. The van der Waals surface area contributed by atoms with Crippen LogP contribution in [-0.4, -0.2) is 31.7 Å². The summed E-state index contributed by atoms with van der Waals surface area (Å²) in [6.07, 6.45) is 1.34. The van der Waals surface area contributed by atoms with Crippen molar-refractivity contribution in [2.75, 3.05) is 18.4 Å². The molecule has 0 aliphatic carbocycles. The van der Waals surface area contributed by atoms with E-state index in [2.05, 4.69) is 5.32 Å². The molecule has 1 aliphatic heterocycles. The Bertz CT molecular complexity index is 916. The first kappa shape index (κ1) is 19.9. The minimum Gasteiger partial charge on any atom is -0.326 e. The number of hydrogen-bond acceptors (Lipinski definition) is 3. The number of carbonyl (C=O) groups excluding carboxylic acids is 1. The number of rotatable bonds is 5. The summed E-state index contributed by atoms with van der Waals surface area (Å²) in [5, 5.41) is 3.48. The molecule has 2 aromatic rings. The predicted molar refractivity (Wildman–Crippen MR) is 108 cm³/mol. The minimum absolute atomic E-state index is 0.0461. The number of carbonyl (C=O) groups is 1. The maximum Gasteiger partial charge on any atom is 0.228 e. The number of sulfonamides is 1. The van der Waals surface area contributed by atoms with Crippen LogP contribution in [0.3, 0.4) is 0 Å². The number of benzene rings is 2. The molecule has 0 bridgehead atoms. The van der Waals surface area contributed by atoms with Crippen LogP contribution in [0, 0.1) is 12.8 Å². The molecular formula is C20H23ClN2O3S. The number of nitrogens with one attached hydrogen (secondary N) is 1. The summed E-state index contributed by atoms with van der Waals surface area (Å²) < 4.78 is 27.0. The van der Waals surface area contributed by atoms with Gasteiger partial charge in [0.05, 0.1) is 11.7 Å². The van der Waals surface area contributed by atoms with Crippen molar-refractivity contribution in [3.8, 4) is 0 Å². The molecule has 0 radical (unpaired) electrons. The summed E-state index contributed by atoms with van der Waals surface area (Å²) in [5.74, 6) is -0.585. The molecule has 1 saturated heterocycles. The topological polar surface area (TPSA) is 66.5 Å². The van der Waals surface area contributed by atoms with E-state index in [1.807, 2.05) is 25.1 Å². The quantitative estimate of drug-likeness (QED) is 0.820. The van der Waals surface area contributed by atoms with Gasteiger partial charge in [-0.2, -0.15) is 0 Å². The molecule has 0 saturated carbocycles. The van der Waals surface area contributed by atoms with Gasteiger partial charge in [-0.1, -0.05) is 48.0 Å². The van der Waals surface area contributed by atoms with Crippen LogP contribution >= 0.6 is 11.6 Å². The minimum atomic E-state index is -3.46. The zero-order valence-electron chi connectivity index (χ0n) is 15.2. The van der Waals surface area contributed by atoms with Crippen molar-refractivity contribution in [1.29, 1.82) is 0 Å². The molecule has 5 nitrogen and oxygen atoms in total. The van der Waals surface area contributed by atoms with Crippen LogP contribution in [0.5, 0.6) is 0 Å². The fourth-order valence-corrected chi connectivity index (χ4v) is 5.05. The van der Waals surface area contributed by atoms with Gasteiger partial charge in [0.1, 0.15) is 0 Å². The molecule has 3 rings (SSSR count). The van der Waals surface area contributed by atoms with Crippen molar-refractivity contribution in [2.45, 2.75) is 25.5 Å². The van der Waals surface area contributed by atoms with Gasteiger partial charge in [0.25, 0.3) is 0 Å². The lowest BCUT2D eigenvalue weighted by atomic mass is 9.98. The third kappa shape index (κ3) is 4.89. The van der Waals surface area contributed by atoms with E-state index in [1.54, 1.807) is 30.3 Å². The van der Waals surface area contributed by atoms with Gasteiger partial charge in [-0.3, -0.25) is 4.79 Å². The van der Waals surface area contributed by atoms with Gasteiger partial charge in [-0.05, 0) is 43.0 Å². The van der Waals surface area contributed by atoms with Crippen molar-refractivity contribution >= 4 is 33.2 Å². The lowest BCUT2D eigenvalue weighted by molar-refractivity contribution is -0.120. The van der Waals surface area contributed by atoms with E-state index in [0.29, 0.717) is 30.1 Å². The molecule has 1 aliphatic rings. The summed E-state index contributed by atoms with van der Waals surface area (Å²) >= 11 is 6.10. The molecule has 0 spiro atoms. The third-order valence-corrected chi connectivity index (χ3v) is 7.09. The standard InChI is InChI=1S/C20H23ClN2O3S/c1-15-18(21)10-5-11-19(15)22-20(24)17-9-6-12-23(13-17)27(25,26)14-16-7-3-2-4-8-16/h2-5,7-8,10-11,17H,6,9,12-14H2,1H3,(H,22,24). The maximum atomic E-state index is 12.8. The summed E-state index contributed by atoms with van der Waals surface area (Å²) in [5.41, 5.74) is 2.22. The SMILES string of the molecule is Cc1c(Cl)cccc1NC(=O)C1CCCN(S(=O)(=O)Cc2ccccc2)C1. The van der Waals surface area contributed by atoms with Crippen LogP contribution in [-0.2, 0) is 20.6 Å². The fraction of sp³-hybridized carbons (Fsp3) is 0.350. The second-order valence-electron chi connectivity index (χ2n) is 6.84. The largest absolute Gasteiger partial charge is 0.326 e. The Kier molecular flexibility index (Phi) is 6.19. The van der Waals surface area contributed by atoms with Crippen LogP contribution < -0.4 is 5.32 Å². The Morgan fingerprint density at radius 1 is 1.19 bits per heavy atom. The van der Waals surface area contributed by atoms with Gasteiger partial charge >= 0.3 is 0 Å². The molecule has 1 amide bonds. The molecule has 0 aromatic heterocycles. The Labute approximate surface area is 165 Å². The molecule has 2 aromatic carbocycles. The molecule has 1 unspecified atom stereocenters. The molecule has 7 heteroatoms. The van der Waals surface area contributed by atoms with E-state index in [9.17, 15) is 13.2 Å². The highest BCUT2D eigenvalue weighted by atomic mass is 35.5. The van der Waals surface area contributed by atoms with Crippen molar-refractivity contribution in [1.82, 2.24) is 4.31 Å². The average molecular weight is 407 g/mol. The van der Waals surface area contributed by atoms with Crippen LogP contribution in [0.1, 0.15) is 24.0 Å². The number of nitrogens with zero attached hydrogens (tertiary/aromatic N) is 1. The van der Waals surface area contributed by atoms with E-state index in [4.69, 9.17) is 11.6 Å². The monoisotopic (exact) mass is 406 g/mol. The molecular weight excluding hydrogens is 384 g/mol. The van der Waals surface area contributed by atoms with Crippen molar-refractivity contribution < 1.29 is 13.2 Å². The Morgan fingerprint density at radius 3 is 2.67 bits per heavy atom. The van der Waals surface area contributed by atoms with E-state index in [1.165, 1.54) is 4.31 Å². The highest BCUT2D eigenvalue weighted by Gasteiger charge is 2.32. The second kappa shape index (κ2) is 8.42. The van der Waals surface area contributed by atoms with Crippen LogP contribution in [0.25, 0.3) is 0 Å². The molecule has 1 N–H and O–H groups in total. The number of anilines is 1. The van der Waals surface area contributed by atoms with Gasteiger partial charge in [-0.15, -0.1) is 0 Å². The number of hydrogen-bond donors (Lipinski definition) is 1. The Morgan fingerprint density at radius 2 is 1.93 bits per heavy atom. The molecule has 1 fully saturated rings. The third-order valence-electron chi connectivity index (χ3n) is 4.87.